The molecule has 0 unspecified atom stereocenters. The molecule has 8 heteroatoms. The maximum atomic E-state index is 11.2. The van der Waals surface area contributed by atoms with Gasteiger partial charge in [0.2, 0.25) is 10.0 Å². The van der Waals surface area contributed by atoms with Crippen molar-refractivity contribution in [3.8, 4) is 0 Å². The Morgan fingerprint density at radius 1 is 1.45 bits per heavy atom. The number of para-hydroxylation sites is 1. The molecular weight excluding hydrogens is 282 g/mol. The van der Waals surface area contributed by atoms with E-state index in [2.05, 4.69) is 9.71 Å². The van der Waals surface area contributed by atoms with E-state index < -0.39 is 16.0 Å². The van der Waals surface area contributed by atoms with E-state index >= 15 is 0 Å². The lowest BCUT2D eigenvalue weighted by atomic mass is 10.2. The lowest BCUT2D eigenvalue weighted by Crippen LogP contribution is -2.23. The fraction of sp³-hybridized carbons (Fsp3) is 0.333. The van der Waals surface area contributed by atoms with Crippen LogP contribution in [0.15, 0.2) is 24.5 Å². The minimum Gasteiger partial charge on any atom is -0.478 e. The van der Waals surface area contributed by atoms with Gasteiger partial charge in [0.15, 0.2) is 0 Å². The van der Waals surface area contributed by atoms with E-state index in [1.54, 1.807) is 23.0 Å². The van der Waals surface area contributed by atoms with Gasteiger partial charge in [0, 0.05) is 13.1 Å². The number of benzene rings is 1. The van der Waals surface area contributed by atoms with Gasteiger partial charge in [0.1, 0.15) is 0 Å². The topological polar surface area (TPSA) is 101 Å². The third-order valence-corrected chi connectivity index (χ3v) is 3.54. The quantitative estimate of drug-likeness (QED) is 0.763. The van der Waals surface area contributed by atoms with Gasteiger partial charge in [-0.1, -0.05) is 6.07 Å². The number of rotatable bonds is 6. The molecular formula is C12H15N3O4S. The average molecular weight is 297 g/mol. The molecule has 0 aliphatic rings. The van der Waals surface area contributed by atoms with E-state index in [0.717, 1.165) is 6.26 Å². The fourth-order valence-corrected chi connectivity index (χ4v) is 2.49. The first-order valence-electron chi connectivity index (χ1n) is 6.00. The van der Waals surface area contributed by atoms with E-state index in [0.29, 0.717) is 30.5 Å². The molecule has 0 bridgehead atoms. The summed E-state index contributed by atoms with van der Waals surface area (Å²) < 4.78 is 26.0. The normalized spacial score (nSPS) is 11.8. The summed E-state index contributed by atoms with van der Waals surface area (Å²) in [7, 11) is -3.20. The van der Waals surface area contributed by atoms with Gasteiger partial charge < -0.3 is 9.67 Å². The van der Waals surface area contributed by atoms with Crippen molar-refractivity contribution in [1.82, 2.24) is 14.3 Å². The molecule has 2 aromatic rings. The second-order valence-electron chi connectivity index (χ2n) is 4.44. The molecule has 0 spiro atoms. The Labute approximate surface area is 116 Å². The van der Waals surface area contributed by atoms with Crippen LogP contribution in [0, 0.1) is 0 Å². The number of nitrogens with zero attached hydrogens (tertiary/aromatic N) is 2. The second-order valence-corrected chi connectivity index (χ2v) is 6.27. The summed E-state index contributed by atoms with van der Waals surface area (Å²) in [6, 6.07) is 4.92. The van der Waals surface area contributed by atoms with E-state index in [-0.39, 0.29) is 5.56 Å². The van der Waals surface area contributed by atoms with Crippen molar-refractivity contribution in [3.63, 3.8) is 0 Å². The number of carboxylic acid groups (broad SMARTS) is 1. The highest BCUT2D eigenvalue weighted by molar-refractivity contribution is 7.88. The van der Waals surface area contributed by atoms with Gasteiger partial charge in [0.05, 0.1) is 29.2 Å². The number of carboxylic acids is 1. The monoisotopic (exact) mass is 297 g/mol. The summed E-state index contributed by atoms with van der Waals surface area (Å²) >= 11 is 0. The molecule has 0 aliphatic heterocycles. The van der Waals surface area contributed by atoms with Crippen molar-refractivity contribution in [1.29, 1.82) is 0 Å². The third kappa shape index (κ3) is 3.34. The van der Waals surface area contributed by atoms with Crippen LogP contribution in [0.5, 0.6) is 0 Å². The van der Waals surface area contributed by atoms with Gasteiger partial charge in [-0.15, -0.1) is 0 Å². The first-order chi connectivity index (χ1) is 9.38. The van der Waals surface area contributed by atoms with Crippen molar-refractivity contribution in [3.05, 3.63) is 30.1 Å². The number of fused-ring (bicyclic) bond motifs is 1. The highest BCUT2D eigenvalue weighted by Gasteiger charge is 2.13. The molecule has 0 fully saturated rings. The summed E-state index contributed by atoms with van der Waals surface area (Å²) in [6.07, 6.45) is 3.21. The number of aryl methyl sites for hydroxylation is 1. The molecule has 1 heterocycles. The first-order valence-corrected chi connectivity index (χ1v) is 7.89. The number of carbonyl (C=O) groups is 1. The van der Waals surface area contributed by atoms with Crippen LogP contribution in [0.4, 0.5) is 0 Å². The number of hydrogen-bond donors (Lipinski definition) is 2. The number of aromatic nitrogens is 2. The highest BCUT2D eigenvalue weighted by Crippen LogP contribution is 2.18. The molecule has 0 saturated heterocycles. The summed E-state index contributed by atoms with van der Waals surface area (Å²) in [5.74, 6) is -1.01. The van der Waals surface area contributed by atoms with Crippen LogP contribution in [0.25, 0.3) is 11.0 Å². The Balaban J connectivity index is 2.17. The van der Waals surface area contributed by atoms with Crippen LogP contribution < -0.4 is 4.72 Å². The summed E-state index contributed by atoms with van der Waals surface area (Å²) in [5.41, 5.74) is 1.36. The smallest absolute Gasteiger partial charge is 0.337 e. The van der Waals surface area contributed by atoms with Gasteiger partial charge >= 0.3 is 5.97 Å². The van der Waals surface area contributed by atoms with Crippen molar-refractivity contribution in [2.75, 3.05) is 12.8 Å². The zero-order valence-electron chi connectivity index (χ0n) is 10.9. The van der Waals surface area contributed by atoms with Crippen molar-refractivity contribution >= 4 is 27.0 Å². The van der Waals surface area contributed by atoms with Gasteiger partial charge in [-0.05, 0) is 18.6 Å². The Kier molecular flexibility index (Phi) is 4.05. The summed E-state index contributed by atoms with van der Waals surface area (Å²) in [4.78, 5) is 15.3. The maximum Gasteiger partial charge on any atom is 0.337 e. The van der Waals surface area contributed by atoms with Gasteiger partial charge in [-0.25, -0.2) is 22.9 Å². The maximum absolute atomic E-state index is 11.2. The van der Waals surface area contributed by atoms with Gasteiger partial charge in [-0.2, -0.15) is 0 Å². The van der Waals surface area contributed by atoms with Crippen LogP contribution in [0.3, 0.4) is 0 Å². The average Bonchev–Trinajstić information content (AvgIpc) is 2.76. The fourth-order valence-electron chi connectivity index (χ4n) is 1.98. The molecule has 7 nitrogen and oxygen atoms in total. The molecule has 108 valence electrons. The minimum atomic E-state index is -3.20. The molecule has 1 aromatic carbocycles. The molecule has 2 rings (SSSR count). The number of sulfonamides is 1. The van der Waals surface area contributed by atoms with Crippen LogP contribution >= 0.6 is 0 Å². The van der Waals surface area contributed by atoms with Crippen LogP contribution in [-0.4, -0.2) is 41.8 Å². The highest BCUT2D eigenvalue weighted by atomic mass is 32.2. The summed E-state index contributed by atoms with van der Waals surface area (Å²) in [5, 5.41) is 9.17. The lowest BCUT2D eigenvalue weighted by molar-refractivity contribution is 0.0698. The number of imidazole rings is 1. The minimum absolute atomic E-state index is 0.191. The van der Waals surface area contributed by atoms with Gasteiger partial charge in [0.25, 0.3) is 0 Å². The molecule has 2 N–H and O–H groups in total. The molecule has 1 aromatic heterocycles. The second kappa shape index (κ2) is 5.59. The first kappa shape index (κ1) is 14.5. The zero-order valence-corrected chi connectivity index (χ0v) is 11.7. The Hall–Kier alpha value is -1.93. The molecule has 20 heavy (non-hydrogen) atoms. The molecule has 0 atom stereocenters. The molecule has 0 saturated carbocycles. The van der Waals surface area contributed by atoms with Crippen LogP contribution in [0.1, 0.15) is 16.8 Å². The van der Waals surface area contributed by atoms with E-state index in [4.69, 9.17) is 0 Å². The third-order valence-electron chi connectivity index (χ3n) is 2.81. The predicted molar refractivity (Wildman–Crippen MR) is 74.2 cm³/mol. The standard InChI is InChI=1S/C12H15N3O4S/c1-20(18,19)14-6-3-7-15-8-13-10-5-2-4-9(11(10)15)12(16)17/h2,4-5,8,14H,3,6-7H2,1H3,(H,16,17). The van der Waals surface area contributed by atoms with Crippen molar-refractivity contribution in [2.24, 2.45) is 0 Å². The molecule has 0 aliphatic carbocycles. The predicted octanol–water partition coefficient (Wildman–Crippen LogP) is 0.674. The SMILES string of the molecule is CS(=O)(=O)NCCCn1cnc2cccc(C(=O)O)c21. The Bertz CT molecular complexity index is 736. The van der Waals surface area contributed by atoms with E-state index in [9.17, 15) is 18.3 Å². The van der Waals surface area contributed by atoms with Crippen molar-refractivity contribution < 1.29 is 18.3 Å². The van der Waals surface area contributed by atoms with Gasteiger partial charge in [-0.3, -0.25) is 0 Å². The van der Waals surface area contributed by atoms with Crippen molar-refractivity contribution in [2.45, 2.75) is 13.0 Å². The van der Waals surface area contributed by atoms with E-state index in [1.165, 1.54) is 6.07 Å². The number of hydrogen-bond acceptors (Lipinski definition) is 4. The Morgan fingerprint density at radius 3 is 2.85 bits per heavy atom. The van der Waals surface area contributed by atoms with Crippen LogP contribution in [0.2, 0.25) is 0 Å². The van der Waals surface area contributed by atoms with E-state index in [1.807, 2.05) is 0 Å². The summed E-state index contributed by atoms with van der Waals surface area (Å²) in [6.45, 7) is 0.789. The molecule has 0 radical (unpaired) electrons. The Morgan fingerprint density at radius 2 is 2.20 bits per heavy atom. The zero-order chi connectivity index (χ0) is 14.8. The van der Waals surface area contributed by atoms with Crippen LogP contribution in [-0.2, 0) is 16.6 Å². The lowest BCUT2D eigenvalue weighted by Gasteiger charge is -2.06. The largest absolute Gasteiger partial charge is 0.478 e. The molecule has 0 amide bonds. The number of aromatic carboxylic acids is 1. The number of nitrogens with one attached hydrogen (secondary N) is 1.